The first-order valence-electron chi connectivity index (χ1n) is 10.9. The summed E-state index contributed by atoms with van der Waals surface area (Å²) in [7, 11) is 2.07. The van der Waals surface area contributed by atoms with Crippen molar-refractivity contribution in [3.8, 4) is 5.75 Å². The molecule has 0 N–H and O–H groups in total. The predicted molar refractivity (Wildman–Crippen MR) is 116 cm³/mol. The van der Waals surface area contributed by atoms with Crippen LogP contribution < -0.4 is 4.74 Å². The second-order valence-corrected chi connectivity index (χ2v) is 8.36. The summed E-state index contributed by atoms with van der Waals surface area (Å²) in [5, 5.41) is 0. The van der Waals surface area contributed by atoms with Gasteiger partial charge in [-0.05, 0) is 44.2 Å². The van der Waals surface area contributed by atoms with Crippen LogP contribution in [0.1, 0.15) is 46.9 Å². The van der Waals surface area contributed by atoms with Crippen molar-refractivity contribution < 1.29 is 28.6 Å². The molecule has 2 saturated heterocycles. The number of ether oxygens (including phenoxy) is 3. The zero-order chi connectivity index (χ0) is 22.7. The van der Waals surface area contributed by atoms with Crippen LogP contribution in [-0.2, 0) is 14.3 Å². The molecule has 0 aliphatic carbocycles. The molecule has 168 valence electrons. The molecule has 4 atom stereocenters. The molecule has 2 aliphatic heterocycles. The van der Waals surface area contributed by atoms with Gasteiger partial charge in [0.15, 0.2) is 0 Å². The minimum Gasteiger partial charge on any atom is -0.461 e. The molecule has 2 aliphatic rings. The summed E-state index contributed by atoms with van der Waals surface area (Å²) >= 11 is 0. The average Bonchev–Trinajstić information content (AvgIpc) is 3.03. The number of para-hydroxylation sites is 1. The maximum atomic E-state index is 12.8. The van der Waals surface area contributed by atoms with Crippen LogP contribution in [0.15, 0.2) is 54.6 Å². The lowest BCUT2D eigenvalue weighted by atomic mass is 9.88. The highest BCUT2D eigenvalue weighted by atomic mass is 16.6. The van der Waals surface area contributed by atoms with Gasteiger partial charge in [-0.25, -0.2) is 9.59 Å². The van der Waals surface area contributed by atoms with E-state index in [0.29, 0.717) is 18.0 Å². The third kappa shape index (κ3) is 4.67. The van der Waals surface area contributed by atoms with Crippen LogP contribution in [-0.4, -0.2) is 54.7 Å². The van der Waals surface area contributed by atoms with Gasteiger partial charge >= 0.3 is 17.9 Å². The molecule has 0 saturated carbocycles. The second kappa shape index (κ2) is 9.53. The van der Waals surface area contributed by atoms with E-state index < -0.39 is 11.9 Å². The molecule has 7 heteroatoms. The van der Waals surface area contributed by atoms with Crippen LogP contribution in [0.2, 0.25) is 0 Å². The maximum absolute atomic E-state index is 12.8. The van der Waals surface area contributed by atoms with Crippen LogP contribution in [0, 0.1) is 5.92 Å². The van der Waals surface area contributed by atoms with Gasteiger partial charge in [-0.1, -0.05) is 30.3 Å². The van der Waals surface area contributed by atoms with Gasteiger partial charge in [0.1, 0.15) is 17.4 Å². The smallest absolute Gasteiger partial charge is 0.341 e. The first kappa shape index (κ1) is 22.0. The van der Waals surface area contributed by atoms with Gasteiger partial charge < -0.3 is 14.2 Å². The molecule has 0 spiro atoms. The number of carbonyl (C=O) groups is 3. The number of nitrogens with zero attached hydrogens (tertiary/aromatic N) is 1. The summed E-state index contributed by atoms with van der Waals surface area (Å²) < 4.78 is 16.7. The molecule has 2 heterocycles. The number of carbonyl (C=O) groups excluding carboxylic acids is 3. The van der Waals surface area contributed by atoms with Crippen molar-refractivity contribution in [3.63, 3.8) is 0 Å². The molecule has 2 bridgehead atoms. The van der Waals surface area contributed by atoms with Gasteiger partial charge in [-0.15, -0.1) is 0 Å². The molecule has 2 aromatic rings. The van der Waals surface area contributed by atoms with E-state index in [-0.39, 0.29) is 42.0 Å². The Balaban J connectivity index is 1.48. The molecule has 0 unspecified atom stereocenters. The van der Waals surface area contributed by atoms with Crippen molar-refractivity contribution in [1.82, 2.24) is 4.90 Å². The molecular weight excluding hydrogens is 410 g/mol. The monoisotopic (exact) mass is 437 g/mol. The van der Waals surface area contributed by atoms with Crippen LogP contribution in [0.25, 0.3) is 0 Å². The lowest BCUT2D eigenvalue weighted by Gasteiger charge is -2.42. The minimum atomic E-state index is -0.572. The van der Waals surface area contributed by atoms with Crippen molar-refractivity contribution in [2.45, 2.75) is 44.4 Å². The van der Waals surface area contributed by atoms with Crippen molar-refractivity contribution in [3.05, 3.63) is 65.7 Å². The third-order valence-electron chi connectivity index (χ3n) is 6.41. The zero-order valence-electron chi connectivity index (χ0n) is 18.2. The topological polar surface area (TPSA) is 82.1 Å². The van der Waals surface area contributed by atoms with Crippen molar-refractivity contribution in [2.75, 3.05) is 13.7 Å². The highest BCUT2D eigenvalue weighted by molar-refractivity contribution is 5.93. The van der Waals surface area contributed by atoms with Gasteiger partial charge in [0.2, 0.25) is 0 Å². The normalized spacial score (nSPS) is 24.6. The number of hydrogen-bond donors (Lipinski definition) is 0. The summed E-state index contributed by atoms with van der Waals surface area (Å²) in [6, 6.07) is 15.9. The lowest BCUT2D eigenvalue weighted by molar-refractivity contribution is -0.131. The van der Waals surface area contributed by atoms with E-state index in [4.69, 9.17) is 14.2 Å². The number of rotatable bonds is 6. The highest BCUT2D eigenvalue weighted by Crippen LogP contribution is 2.40. The Morgan fingerprint density at radius 2 is 1.69 bits per heavy atom. The molecule has 4 rings (SSSR count). The van der Waals surface area contributed by atoms with Gasteiger partial charge in [0.05, 0.1) is 12.2 Å². The molecule has 2 fully saturated rings. The largest absolute Gasteiger partial charge is 0.461 e. The van der Waals surface area contributed by atoms with Gasteiger partial charge in [0, 0.05) is 31.3 Å². The Morgan fingerprint density at radius 1 is 0.969 bits per heavy atom. The number of esters is 3. The summed E-state index contributed by atoms with van der Waals surface area (Å²) in [4.78, 5) is 39.1. The van der Waals surface area contributed by atoms with E-state index in [1.165, 1.54) is 6.92 Å². The second-order valence-electron chi connectivity index (χ2n) is 8.36. The summed E-state index contributed by atoms with van der Waals surface area (Å²) in [5.74, 6) is -1.42. The van der Waals surface area contributed by atoms with Crippen LogP contribution in [0.4, 0.5) is 0 Å². The van der Waals surface area contributed by atoms with E-state index in [9.17, 15) is 14.4 Å². The van der Waals surface area contributed by atoms with E-state index in [2.05, 4.69) is 11.9 Å². The van der Waals surface area contributed by atoms with Gasteiger partial charge in [-0.2, -0.15) is 0 Å². The van der Waals surface area contributed by atoms with E-state index in [1.807, 2.05) is 6.07 Å². The average molecular weight is 437 g/mol. The van der Waals surface area contributed by atoms with Gasteiger partial charge in [-0.3, -0.25) is 9.69 Å². The Morgan fingerprint density at radius 3 is 2.44 bits per heavy atom. The molecule has 0 aromatic heterocycles. The third-order valence-corrected chi connectivity index (χ3v) is 6.41. The van der Waals surface area contributed by atoms with Gasteiger partial charge in [0.25, 0.3) is 0 Å². The minimum absolute atomic E-state index is 0.113. The summed E-state index contributed by atoms with van der Waals surface area (Å²) in [6.07, 6.45) is 2.36. The molecule has 7 nitrogen and oxygen atoms in total. The first-order valence-corrected chi connectivity index (χ1v) is 10.9. The summed E-state index contributed by atoms with van der Waals surface area (Å²) in [5.41, 5.74) is 0.693. The predicted octanol–water partition coefficient (Wildman–Crippen LogP) is 3.48. The molecular formula is C25H27NO6. The number of hydrogen-bond acceptors (Lipinski definition) is 7. The fourth-order valence-electron chi connectivity index (χ4n) is 4.79. The lowest BCUT2D eigenvalue weighted by Crippen LogP contribution is -2.52. The van der Waals surface area contributed by atoms with Crippen molar-refractivity contribution in [2.24, 2.45) is 5.92 Å². The van der Waals surface area contributed by atoms with Crippen LogP contribution in [0.3, 0.4) is 0 Å². The molecule has 0 radical (unpaired) electrons. The van der Waals surface area contributed by atoms with E-state index in [0.717, 1.165) is 12.8 Å². The fraction of sp³-hybridized carbons (Fsp3) is 0.400. The first-order chi connectivity index (χ1) is 15.4. The van der Waals surface area contributed by atoms with Crippen LogP contribution in [0.5, 0.6) is 5.75 Å². The molecule has 2 aromatic carbocycles. The van der Waals surface area contributed by atoms with Crippen molar-refractivity contribution in [1.29, 1.82) is 0 Å². The Kier molecular flexibility index (Phi) is 6.55. The van der Waals surface area contributed by atoms with E-state index in [1.54, 1.807) is 48.5 Å². The Hall–Kier alpha value is -3.19. The van der Waals surface area contributed by atoms with Crippen molar-refractivity contribution >= 4 is 17.9 Å². The maximum Gasteiger partial charge on any atom is 0.341 e. The number of fused-ring (bicyclic) bond motifs is 2. The Bertz CT molecular complexity index is 991. The zero-order valence-corrected chi connectivity index (χ0v) is 18.2. The fourth-order valence-corrected chi connectivity index (χ4v) is 4.79. The number of benzene rings is 2. The Labute approximate surface area is 187 Å². The highest BCUT2D eigenvalue weighted by Gasteiger charge is 2.47. The molecule has 32 heavy (non-hydrogen) atoms. The SMILES string of the molecule is CC(=O)Oc1ccccc1C(=O)OC[C@H]1[C@@H](OC(=O)c2ccccc2)C[C@H]2CC[C@@H]1N2C. The number of piperidine rings is 1. The quantitative estimate of drug-likeness (QED) is 0.505. The standard InChI is InChI=1S/C25H27NO6/c1-16(27)31-22-11-7-6-10-19(22)25(29)30-15-20-21-13-12-18(26(21)2)14-23(20)32-24(28)17-8-4-3-5-9-17/h3-11,18,20-21,23H,12-15H2,1-2H3/t18-,20-,21+,23+/m1/s1. The van der Waals surface area contributed by atoms with Crippen LogP contribution >= 0.6 is 0 Å². The summed E-state index contributed by atoms with van der Waals surface area (Å²) in [6.45, 7) is 1.39. The van der Waals surface area contributed by atoms with E-state index >= 15 is 0 Å². The molecule has 0 amide bonds.